The summed E-state index contributed by atoms with van der Waals surface area (Å²) >= 11 is 0. The van der Waals surface area contributed by atoms with Crippen LogP contribution in [0.15, 0.2) is 53.4 Å². The van der Waals surface area contributed by atoms with Gasteiger partial charge in [0.05, 0.1) is 11.3 Å². The Kier molecular flexibility index (Phi) is 8.43. The molecule has 1 aliphatic heterocycles. The summed E-state index contributed by atoms with van der Waals surface area (Å²) < 4.78 is 36.5. The highest BCUT2D eigenvalue weighted by atomic mass is 32.2. The van der Waals surface area contributed by atoms with Crippen LogP contribution in [0, 0.1) is 12.2 Å². The predicted octanol–water partition coefficient (Wildman–Crippen LogP) is 3.73. The van der Waals surface area contributed by atoms with E-state index < -0.39 is 9.84 Å². The number of likely N-dealkylation sites (tertiary alicyclic amines) is 1. The lowest BCUT2D eigenvalue weighted by Gasteiger charge is -2.38. The molecule has 2 aromatic rings. The van der Waals surface area contributed by atoms with E-state index in [0.717, 1.165) is 50.0 Å². The van der Waals surface area contributed by atoms with Crippen molar-refractivity contribution in [3.63, 3.8) is 0 Å². The van der Waals surface area contributed by atoms with Gasteiger partial charge >= 0.3 is 0 Å². The summed E-state index contributed by atoms with van der Waals surface area (Å²) in [6.45, 7) is 5.47. The lowest BCUT2D eigenvalue weighted by Crippen LogP contribution is -2.48. The monoisotopic (exact) mass is 459 g/mol. The highest BCUT2D eigenvalue weighted by Gasteiger charge is 2.26. The zero-order valence-corrected chi connectivity index (χ0v) is 19.7. The minimum absolute atomic E-state index is 0.0810. The van der Waals surface area contributed by atoms with Crippen molar-refractivity contribution in [3.8, 4) is 0 Å². The smallest absolute Gasteiger partial charge is 0.227 e. The zero-order chi connectivity index (χ0) is 23.1. The third-order valence-electron chi connectivity index (χ3n) is 6.04. The molecule has 0 bridgehead atoms. The number of likely N-dealkylation sites (N-methyl/N-ethyl adjacent to an activating group) is 1. The van der Waals surface area contributed by atoms with Gasteiger partial charge in [-0.25, -0.2) is 12.8 Å². The zero-order valence-electron chi connectivity index (χ0n) is 18.8. The van der Waals surface area contributed by atoms with Crippen molar-refractivity contribution >= 4 is 15.7 Å². The number of carbonyl (C=O) groups excluding carboxylic acids is 1. The fourth-order valence-electron chi connectivity index (χ4n) is 4.27. The van der Waals surface area contributed by atoms with Crippen LogP contribution in [-0.2, 0) is 21.1 Å². The van der Waals surface area contributed by atoms with Gasteiger partial charge in [0.1, 0.15) is 5.82 Å². The molecule has 2 aromatic carbocycles. The van der Waals surface area contributed by atoms with Crippen LogP contribution in [0.2, 0.25) is 0 Å². The van der Waals surface area contributed by atoms with Crippen LogP contribution in [-0.4, -0.2) is 62.6 Å². The molecular formula is C25H32FN2O3S. The number of halogens is 1. The molecule has 0 atom stereocenters. The van der Waals surface area contributed by atoms with Gasteiger partial charge in [-0.3, -0.25) is 4.79 Å². The number of nitrogens with zero attached hydrogens (tertiary/aromatic N) is 2. The summed E-state index contributed by atoms with van der Waals surface area (Å²) in [5.74, 6) is -0.132. The SMILES string of the molecule is CCN(C(=O)Cc1ccc(S(C)(=O)=O)cc1)C1CCN(CC[CH]c2cccc(F)c2)CC1. The second-order valence-corrected chi connectivity index (χ2v) is 10.4. The molecule has 173 valence electrons. The Hall–Kier alpha value is -2.25. The number of benzene rings is 2. The molecule has 1 amide bonds. The molecule has 7 heteroatoms. The first-order chi connectivity index (χ1) is 15.3. The number of hydrogen-bond acceptors (Lipinski definition) is 4. The number of hydrogen-bond donors (Lipinski definition) is 0. The van der Waals surface area contributed by atoms with E-state index in [1.807, 2.05) is 17.9 Å². The van der Waals surface area contributed by atoms with Crippen LogP contribution in [0.1, 0.15) is 37.3 Å². The molecule has 32 heavy (non-hydrogen) atoms. The van der Waals surface area contributed by atoms with Crippen molar-refractivity contribution < 1.29 is 17.6 Å². The molecule has 3 rings (SSSR count). The maximum Gasteiger partial charge on any atom is 0.227 e. The first-order valence-electron chi connectivity index (χ1n) is 11.2. The highest BCUT2D eigenvalue weighted by molar-refractivity contribution is 7.90. The Morgan fingerprint density at radius 3 is 2.44 bits per heavy atom. The number of sulfone groups is 1. The quantitative estimate of drug-likeness (QED) is 0.573. The number of amides is 1. The van der Waals surface area contributed by atoms with Crippen molar-refractivity contribution in [2.45, 2.75) is 43.5 Å². The Balaban J connectivity index is 1.46. The van der Waals surface area contributed by atoms with E-state index in [2.05, 4.69) is 11.3 Å². The Bertz CT molecular complexity index is 1000. The van der Waals surface area contributed by atoms with Gasteiger partial charge in [-0.1, -0.05) is 24.3 Å². The molecule has 0 aromatic heterocycles. The minimum atomic E-state index is -3.23. The van der Waals surface area contributed by atoms with Crippen LogP contribution in [0.3, 0.4) is 0 Å². The molecular weight excluding hydrogens is 427 g/mol. The number of carbonyl (C=O) groups is 1. The maximum absolute atomic E-state index is 13.3. The van der Waals surface area contributed by atoms with Gasteiger partial charge in [0, 0.05) is 31.9 Å². The van der Waals surface area contributed by atoms with Crippen molar-refractivity contribution in [3.05, 3.63) is 71.9 Å². The first kappa shape index (κ1) is 24.4. The molecule has 5 nitrogen and oxygen atoms in total. The van der Waals surface area contributed by atoms with Crippen LogP contribution in [0.25, 0.3) is 0 Å². The van der Waals surface area contributed by atoms with Gasteiger partial charge in [0.25, 0.3) is 0 Å². The number of rotatable bonds is 9. The molecule has 0 spiro atoms. The summed E-state index contributed by atoms with van der Waals surface area (Å²) in [5, 5.41) is 0. The Labute approximate surface area is 191 Å². The van der Waals surface area contributed by atoms with Crippen molar-refractivity contribution in [2.24, 2.45) is 0 Å². The second kappa shape index (κ2) is 11.1. The van der Waals surface area contributed by atoms with E-state index >= 15 is 0 Å². The van der Waals surface area contributed by atoms with Crippen molar-refractivity contribution in [1.29, 1.82) is 0 Å². The molecule has 1 saturated heterocycles. The highest BCUT2D eigenvalue weighted by Crippen LogP contribution is 2.19. The van der Waals surface area contributed by atoms with Gasteiger partial charge in [0.15, 0.2) is 9.84 Å². The topological polar surface area (TPSA) is 57.7 Å². The third-order valence-corrected chi connectivity index (χ3v) is 7.17. The van der Waals surface area contributed by atoms with Gasteiger partial charge in [-0.15, -0.1) is 0 Å². The van der Waals surface area contributed by atoms with E-state index in [9.17, 15) is 17.6 Å². The molecule has 1 heterocycles. The molecule has 0 N–H and O–H groups in total. The molecule has 0 saturated carbocycles. The van der Waals surface area contributed by atoms with Gasteiger partial charge in [-0.2, -0.15) is 0 Å². The summed E-state index contributed by atoms with van der Waals surface area (Å²) in [6, 6.07) is 13.4. The minimum Gasteiger partial charge on any atom is -0.340 e. The van der Waals surface area contributed by atoms with Crippen LogP contribution in [0.5, 0.6) is 0 Å². The largest absolute Gasteiger partial charge is 0.340 e. The average Bonchev–Trinajstić information content (AvgIpc) is 2.75. The lowest BCUT2D eigenvalue weighted by molar-refractivity contribution is -0.133. The van der Waals surface area contributed by atoms with Crippen LogP contribution in [0.4, 0.5) is 4.39 Å². The fourth-order valence-corrected chi connectivity index (χ4v) is 4.90. The Morgan fingerprint density at radius 1 is 1.16 bits per heavy atom. The van der Waals surface area contributed by atoms with E-state index in [0.29, 0.717) is 6.54 Å². The molecule has 0 unspecified atom stereocenters. The Morgan fingerprint density at radius 2 is 1.84 bits per heavy atom. The van der Waals surface area contributed by atoms with Crippen molar-refractivity contribution in [1.82, 2.24) is 9.80 Å². The summed E-state index contributed by atoms with van der Waals surface area (Å²) in [5.41, 5.74) is 1.73. The summed E-state index contributed by atoms with van der Waals surface area (Å²) in [6.07, 6.45) is 6.26. The molecule has 1 fully saturated rings. The lowest BCUT2D eigenvalue weighted by atomic mass is 10.0. The van der Waals surface area contributed by atoms with Gasteiger partial charge < -0.3 is 9.80 Å². The molecule has 1 aliphatic rings. The fraction of sp³-hybridized carbons (Fsp3) is 0.440. The number of piperidine rings is 1. The predicted molar refractivity (Wildman–Crippen MR) is 125 cm³/mol. The van der Waals surface area contributed by atoms with E-state index in [1.54, 1.807) is 36.4 Å². The average molecular weight is 460 g/mol. The normalized spacial score (nSPS) is 15.6. The third kappa shape index (κ3) is 6.87. The van der Waals surface area contributed by atoms with Gasteiger partial charge in [0.2, 0.25) is 5.91 Å². The van der Waals surface area contributed by atoms with Gasteiger partial charge in [-0.05, 0) is 74.5 Å². The standard InChI is InChI=1S/C25H32FN2O3S/c1-3-28(25(29)19-21-9-11-24(12-10-21)32(2,30)31)23-13-16-27(17-14-23)15-5-7-20-6-4-8-22(26)18-20/h4,6-12,18,23H,3,5,13-17,19H2,1-2H3. The molecule has 1 radical (unpaired) electrons. The van der Waals surface area contributed by atoms with E-state index in [1.165, 1.54) is 12.3 Å². The first-order valence-corrected chi connectivity index (χ1v) is 13.0. The molecule has 0 aliphatic carbocycles. The van der Waals surface area contributed by atoms with Crippen LogP contribution < -0.4 is 0 Å². The second-order valence-electron chi connectivity index (χ2n) is 8.39. The maximum atomic E-state index is 13.3. The van der Waals surface area contributed by atoms with E-state index in [4.69, 9.17) is 0 Å². The van der Waals surface area contributed by atoms with Crippen LogP contribution >= 0.6 is 0 Å². The summed E-state index contributed by atoms with van der Waals surface area (Å²) in [4.78, 5) is 17.5. The van der Waals surface area contributed by atoms with E-state index in [-0.39, 0.29) is 29.1 Å². The van der Waals surface area contributed by atoms with Crippen molar-refractivity contribution in [2.75, 3.05) is 32.4 Å². The summed E-state index contributed by atoms with van der Waals surface area (Å²) in [7, 11) is -3.23.